The molecule has 0 spiro atoms. The molecule has 4 N–H and O–H groups in total. The standard InChI is InChI=1S/C52H55N15O6/c1-61-13-3-14-63(18-16-61)45(68)26-53-49-47(66(51(70)59-49)35-6-8-38-40(24-35)57-30-55-38)33-4-10-42-32(22-33)12-15-65(42)37-28-62(2)17-19-64(29-37)46(69)27-54-50-48(34-5-11-43-44(23-34)73-21-20-72-43)67(52(71)60-50)36-7-9-39-41(25-36)58-31-56-39/h4-12,15,22-25,30-31,37,47-48H,3,13-14,16-21,26-29H2,1-2H3,(H,55,57)(H,56,58)(H,53,59,70)(H,54,60,71). The summed E-state index contributed by atoms with van der Waals surface area (Å²) in [6.07, 6.45) is 6.18. The zero-order chi connectivity index (χ0) is 49.7. The molecule has 5 aliphatic rings. The molecule has 5 aliphatic heterocycles. The lowest BCUT2D eigenvalue weighted by Crippen LogP contribution is -2.38. The smallest absolute Gasteiger partial charge is 0.328 e. The van der Waals surface area contributed by atoms with Gasteiger partial charge >= 0.3 is 12.1 Å². The predicted molar refractivity (Wildman–Crippen MR) is 275 cm³/mol. The molecule has 8 heterocycles. The molecule has 6 amide bonds. The van der Waals surface area contributed by atoms with Crippen molar-refractivity contribution in [2.45, 2.75) is 24.5 Å². The first kappa shape index (κ1) is 45.8. The van der Waals surface area contributed by atoms with Gasteiger partial charge in [-0.3, -0.25) is 40.0 Å². The van der Waals surface area contributed by atoms with E-state index in [0.29, 0.717) is 87.0 Å². The van der Waals surface area contributed by atoms with Gasteiger partial charge in [-0.2, -0.15) is 0 Å². The van der Waals surface area contributed by atoms with Gasteiger partial charge in [0.05, 0.1) is 40.8 Å². The molecule has 4 saturated heterocycles. The second-order valence-corrected chi connectivity index (χ2v) is 19.3. The maximum Gasteiger partial charge on any atom is 0.328 e. The number of H-pyrrole nitrogens is 2. The van der Waals surface area contributed by atoms with E-state index in [1.54, 1.807) is 22.5 Å². The zero-order valence-corrected chi connectivity index (χ0v) is 40.5. The number of fused-ring (bicyclic) bond motifs is 4. The number of anilines is 2. The van der Waals surface area contributed by atoms with Gasteiger partial charge in [0.2, 0.25) is 11.8 Å². The molecular weight excluding hydrogens is 931 g/mol. The van der Waals surface area contributed by atoms with Crippen LogP contribution in [0.4, 0.5) is 21.0 Å². The van der Waals surface area contributed by atoms with E-state index < -0.39 is 12.1 Å². The molecule has 3 aromatic heterocycles. The first-order chi connectivity index (χ1) is 35.6. The Morgan fingerprint density at radius 1 is 0.630 bits per heavy atom. The van der Waals surface area contributed by atoms with Gasteiger partial charge in [0.1, 0.15) is 50.1 Å². The summed E-state index contributed by atoms with van der Waals surface area (Å²) in [6, 6.07) is 22.8. The number of amides is 6. The SMILES string of the molecule is CN1CCCN(C(=O)CN=C2NC(=O)N(c3ccc4nc[nH]c4c3)C2c2ccc3c(ccn3C3CN(C)CCN(C(=O)CN=C4NC(=O)N(c5ccc6nc[nH]c6c5)C4c4ccc5c(c4)OCCO5)C3)c2)CC1. The van der Waals surface area contributed by atoms with E-state index in [1.807, 2.05) is 70.5 Å². The summed E-state index contributed by atoms with van der Waals surface area (Å²) >= 11 is 0. The van der Waals surface area contributed by atoms with Crippen LogP contribution in [0.15, 0.2) is 108 Å². The predicted octanol–water partition coefficient (Wildman–Crippen LogP) is 4.68. The molecule has 0 aliphatic carbocycles. The number of carbonyl (C=O) groups is 4. The number of nitrogens with one attached hydrogen (secondary N) is 4. The van der Waals surface area contributed by atoms with Gasteiger partial charge in [-0.15, -0.1) is 0 Å². The number of hydrogen-bond acceptors (Lipinski definition) is 12. The third-order valence-corrected chi connectivity index (χ3v) is 14.5. The molecule has 4 aromatic carbocycles. The lowest BCUT2D eigenvalue weighted by atomic mass is 10.0. The topological polar surface area (TPSA) is 217 Å². The van der Waals surface area contributed by atoms with Gasteiger partial charge in [0.15, 0.2) is 11.5 Å². The van der Waals surface area contributed by atoms with Crippen LogP contribution in [0.1, 0.15) is 35.7 Å². The van der Waals surface area contributed by atoms with E-state index in [0.717, 1.165) is 63.6 Å². The number of urea groups is 2. The van der Waals surface area contributed by atoms with Crippen LogP contribution < -0.4 is 29.9 Å². The Morgan fingerprint density at radius 3 is 1.92 bits per heavy atom. The summed E-state index contributed by atoms with van der Waals surface area (Å²) in [7, 11) is 4.12. The largest absolute Gasteiger partial charge is 0.486 e. The minimum atomic E-state index is -0.683. The number of nitrogens with zero attached hydrogens (tertiary/aromatic N) is 11. The Balaban J connectivity index is 0.812. The highest BCUT2D eigenvalue weighted by atomic mass is 16.6. The fourth-order valence-corrected chi connectivity index (χ4v) is 10.8. The fraction of sp³-hybridized carbons (Fsp3) is 0.346. The molecule has 7 aromatic rings. The van der Waals surface area contributed by atoms with Crippen molar-refractivity contribution in [1.82, 2.24) is 54.7 Å². The Bertz CT molecular complexity index is 3360. The maximum absolute atomic E-state index is 14.4. The van der Waals surface area contributed by atoms with Crippen molar-refractivity contribution in [3.8, 4) is 11.5 Å². The second kappa shape index (κ2) is 19.0. The third kappa shape index (κ3) is 8.83. The molecular formula is C52H55N15O6. The minimum Gasteiger partial charge on any atom is -0.486 e. The van der Waals surface area contributed by atoms with Crippen LogP contribution in [0, 0.1) is 0 Å². The lowest BCUT2D eigenvalue weighted by molar-refractivity contribution is -0.130. The van der Waals surface area contributed by atoms with Gasteiger partial charge in [0.25, 0.3) is 0 Å². The van der Waals surface area contributed by atoms with E-state index in [1.165, 1.54) is 0 Å². The molecule has 73 heavy (non-hydrogen) atoms. The summed E-state index contributed by atoms with van der Waals surface area (Å²) in [6.45, 7) is 5.87. The van der Waals surface area contributed by atoms with Gasteiger partial charge in [-0.1, -0.05) is 12.1 Å². The van der Waals surface area contributed by atoms with Crippen molar-refractivity contribution in [3.05, 3.63) is 109 Å². The first-order valence-electron chi connectivity index (χ1n) is 24.7. The Labute approximate surface area is 419 Å². The number of aliphatic imine (C=N–C) groups is 2. The molecule has 3 unspecified atom stereocenters. The van der Waals surface area contributed by atoms with E-state index in [2.05, 4.69) is 83.4 Å². The number of aromatic amines is 2. The highest BCUT2D eigenvalue weighted by molar-refractivity contribution is 6.18. The fourth-order valence-electron chi connectivity index (χ4n) is 10.8. The summed E-state index contributed by atoms with van der Waals surface area (Å²) in [5.74, 6) is 1.70. The van der Waals surface area contributed by atoms with Crippen LogP contribution >= 0.6 is 0 Å². The van der Waals surface area contributed by atoms with Crippen LogP contribution in [-0.4, -0.2) is 172 Å². The molecule has 0 radical (unpaired) electrons. The number of amidine groups is 2. The number of carbonyl (C=O) groups excluding carboxylic acids is 4. The number of rotatable bonds is 9. The highest BCUT2D eigenvalue weighted by Crippen LogP contribution is 2.39. The van der Waals surface area contributed by atoms with E-state index in [-0.39, 0.29) is 43.0 Å². The van der Waals surface area contributed by atoms with E-state index in [4.69, 9.17) is 19.5 Å². The Hall–Kier alpha value is -8.30. The molecule has 21 nitrogen and oxygen atoms in total. The van der Waals surface area contributed by atoms with Crippen molar-refractivity contribution in [2.75, 3.05) is 103 Å². The summed E-state index contributed by atoms with van der Waals surface area (Å²) < 4.78 is 14.0. The molecule has 0 bridgehead atoms. The molecule has 12 rings (SSSR count). The zero-order valence-electron chi connectivity index (χ0n) is 40.5. The van der Waals surface area contributed by atoms with Crippen LogP contribution in [0.3, 0.4) is 0 Å². The van der Waals surface area contributed by atoms with Crippen molar-refractivity contribution in [3.63, 3.8) is 0 Å². The summed E-state index contributed by atoms with van der Waals surface area (Å²) in [5, 5.41) is 6.93. The normalized spacial score (nSPS) is 22.2. The quantitative estimate of drug-likeness (QED) is 0.157. The molecule has 21 heteroatoms. The molecule has 0 saturated carbocycles. The first-order valence-corrected chi connectivity index (χ1v) is 24.7. The van der Waals surface area contributed by atoms with Crippen LogP contribution in [0.25, 0.3) is 33.0 Å². The van der Waals surface area contributed by atoms with Gasteiger partial charge in [-0.25, -0.2) is 19.6 Å². The van der Waals surface area contributed by atoms with Crippen molar-refractivity contribution in [1.29, 1.82) is 0 Å². The number of hydrogen-bond donors (Lipinski definition) is 4. The minimum absolute atomic E-state index is 0.0775. The number of ether oxygens (including phenoxy) is 2. The number of imidazole rings is 2. The maximum atomic E-state index is 14.4. The van der Waals surface area contributed by atoms with Gasteiger partial charge < -0.3 is 43.6 Å². The average Bonchev–Trinajstić information content (AvgIpc) is 4.23. The number of aromatic nitrogens is 5. The molecule has 3 atom stereocenters. The van der Waals surface area contributed by atoms with E-state index in [9.17, 15) is 19.2 Å². The average molecular weight is 986 g/mol. The Kier molecular flexibility index (Phi) is 11.9. The second-order valence-electron chi connectivity index (χ2n) is 19.3. The third-order valence-electron chi connectivity index (χ3n) is 14.5. The van der Waals surface area contributed by atoms with Gasteiger partial charge in [0, 0.05) is 68.9 Å². The van der Waals surface area contributed by atoms with Crippen molar-refractivity contribution >= 4 is 79.9 Å². The van der Waals surface area contributed by atoms with E-state index >= 15 is 0 Å². The highest BCUT2D eigenvalue weighted by Gasteiger charge is 2.41. The monoisotopic (exact) mass is 985 g/mol. The number of likely N-dealkylation sites (N-methyl/N-ethyl adjacent to an activating group) is 2. The van der Waals surface area contributed by atoms with Crippen molar-refractivity contribution in [2.24, 2.45) is 9.98 Å². The summed E-state index contributed by atoms with van der Waals surface area (Å²) in [4.78, 5) is 92.0. The molecule has 374 valence electrons. The number of benzene rings is 4. The summed E-state index contributed by atoms with van der Waals surface area (Å²) in [5.41, 5.74) is 6.91. The van der Waals surface area contributed by atoms with Crippen molar-refractivity contribution < 1.29 is 28.7 Å². The lowest BCUT2D eigenvalue weighted by Gasteiger charge is -2.27. The van der Waals surface area contributed by atoms with Crippen LogP contribution in [0.5, 0.6) is 11.5 Å². The van der Waals surface area contributed by atoms with Crippen LogP contribution in [0.2, 0.25) is 0 Å². The van der Waals surface area contributed by atoms with Crippen LogP contribution in [-0.2, 0) is 9.59 Å². The van der Waals surface area contributed by atoms with Gasteiger partial charge in [-0.05, 0) is 110 Å². The Morgan fingerprint density at radius 2 is 1.23 bits per heavy atom. The molecule has 4 fully saturated rings.